The van der Waals surface area contributed by atoms with Gasteiger partial charge >= 0.3 is 0 Å². The van der Waals surface area contributed by atoms with E-state index in [1.807, 2.05) is 6.20 Å². The van der Waals surface area contributed by atoms with E-state index in [1.54, 1.807) is 11.3 Å². The molecule has 1 nitrogen and oxygen atoms in total. The first-order valence-corrected chi connectivity index (χ1v) is 5.53. The highest BCUT2D eigenvalue weighted by atomic mass is 32.1. The van der Waals surface area contributed by atoms with Crippen molar-refractivity contribution in [2.24, 2.45) is 0 Å². The topological polar surface area (TPSA) is 12.9 Å². The van der Waals surface area contributed by atoms with Crippen molar-refractivity contribution in [2.75, 3.05) is 0 Å². The number of rotatable bonds is 2. The van der Waals surface area contributed by atoms with Gasteiger partial charge < -0.3 is 0 Å². The van der Waals surface area contributed by atoms with Gasteiger partial charge in [-0.1, -0.05) is 13.8 Å². The summed E-state index contributed by atoms with van der Waals surface area (Å²) in [6, 6.07) is 4.26. The molecule has 0 amide bonds. The fourth-order valence-corrected chi connectivity index (χ4v) is 2.29. The maximum absolute atomic E-state index is 4.46. The van der Waals surface area contributed by atoms with E-state index in [4.69, 9.17) is 0 Å². The summed E-state index contributed by atoms with van der Waals surface area (Å²) in [4.78, 5) is 4.46. The monoisotopic (exact) mass is 191 g/mol. The summed E-state index contributed by atoms with van der Waals surface area (Å²) in [6.07, 6.45) is 3.07. The Bertz CT molecular complexity index is 405. The zero-order valence-corrected chi connectivity index (χ0v) is 8.77. The van der Waals surface area contributed by atoms with Gasteiger partial charge in [-0.25, -0.2) is 0 Å². The van der Waals surface area contributed by atoms with Gasteiger partial charge in [0.2, 0.25) is 0 Å². The van der Waals surface area contributed by atoms with E-state index in [9.17, 15) is 0 Å². The molecule has 0 bridgehead atoms. The molecule has 0 saturated heterocycles. The van der Waals surface area contributed by atoms with Gasteiger partial charge in [-0.2, -0.15) is 0 Å². The second-order valence-electron chi connectivity index (χ2n) is 3.34. The van der Waals surface area contributed by atoms with Crippen LogP contribution in [0, 0.1) is 0 Å². The maximum Gasteiger partial charge on any atom is 0.0518 e. The Hall–Kier alpha value is -0.890. The highest BCUT2D eigenvalue weighted by Gasteiger charge is 2.08. The van der Waals surface area contributed by atoms with Crippen LogP contribution in [-0.2, 0) is 0 Å². The molecule has 0 fully saturated rings. The molecule has 68 valence electrons. The largest absolute Gasteiger partial charge is 0.260 e. The van der Waals surface area contributed by atoms with Crippen molar-refractivity contribution in [2.45, 2.75) is 26.2 Å². The predicted octanol–water partition coefficient (Wildman–Crippen LogP) is 3.81. The first-order chi connectivity index (χ1) is 6.33. The van der Waals surface area contributed by atoms with Crippen LogP contribution in [0.1, 0.15) is 31.9 Å². The van der Waals surface area contributed by atoms with Gasteiger partial charge in [-0.3, -0.25) is 4.98 Å². The van der Waals surface area contributed by atoms with E-state index in [2.05, 4.69) is 36.3 Å². The number of fused-ring (bicyclic) bond motifs is 1. The van der Waals surface area contributed by atoms with E-state index in [0.29, 0.717) is 5.92 Å². The van der Waals surface area contributed by atoms with Gasteiger partial charge in [0.05, 0.1) is 5.69 Å². The van der Waals surface area contributed by atoms with Crippen LogP contribution in [-0.4, -0.2) is 4.98 Å². The van der Waals surface area contributed by atoms with Crippen LogP contribution in [0.25, 0.3) is 10.1 Å². The lowest BCUT2D eigenvalue weighted by atomic mass is 10.0. The SMILES string of the molecule is CCC(C)c1nccc2sccc12. The van der Waals surface area contributed by atoms with Gasteiger partial charge in [0.25, 0.3) is 0 Å². The first kappa shape index (κ1) is 8.70. The summed E-state index contributed by atoms with van der Waals surface area (Å²) < 4.78 is 1.35. The third-order valence-corrected chi connectivity index (χ3v) is 3.37. The molecule has 2 aromatic heterocycles. The molecular formula is C11H13NS. The van der Waals surface area contributed by atoms with Gasteiger partial charge in [0.15, 0.2) is 0 Å². The van der Waals surface area contributed by atoms with Crippen LogP contribution in [0.15, 0.2) is 23.7 Å². The summed E-state index contributed by atoms with van der Waals surface area (Å²) in [7, 11) is 0. The number of pyridine rings is 1. The average Bonchev–Trinajstić information content (AvgIpc) is 2.63. The second-order valence-corrected chi connectivity index (χ2v) is 4.29. The number of aromatic nitrogens is 1. The van der Waals surface area contributed by atoms with E-state index in [-0.39, 0.29) is 0 Å². The molecule has 0 aromatic carbocycles. The molecule has 1 atom stereocenters. The van der Waals surface area contributed by atoms with Crippen LogP contribution in [0.2, 0.25) is 0 Å². The summed E-state index contributed by atoms with van der Waals surface area (Å²) in [6.45, 7) is 4.44. The van der Waals surface area contributed by atoms with E-state index in [0.717, 1.165) is 6.42 Å². The van der Waals surface area contributed by atoms with Crippen molar-refractivity contribution in [1.82, 2.24) is 4.98 Å². The van der Waals surface area contributed by atoms with Crippen molar-refractivity contribution in [3.05, 3.63) is 29.4 Å². The normalized spacial score (nSPS) is 13.4. The van der Waals surface area contributed by atoms with Crippen molar-refractivity contribution in [3.8, 4) is 0 Å². The average molecular weight is 191 g/mol. The minimum Gasteiger partial charge on any atom is -0.260 e. The molecule has 0 aliphatic carbocycles. The fourth-order valence-electron chi connectivity index (χ4n) is 1.50. The number of hydrogen-bond donors (Lipinski definition) is 0. The van der Waals surface area contributed by atoms with Gasteiger partial charge in [0, 0.05) is 16.3 Å². The Balaban J connectivity index is 2.60. The van der Waals surface area contributed by atoms with Crippen LogP contribution in [0.4, 0.5) is 0 Å². The van der Waals surface area contributed by atoms with Crippen molar-refractivity contribution in [3.63, 3.8) is 0 Å². The molecule has 1 unspecified atom stereocenters. The van der Waals surface area contributed by atoms with Crippen molar-refractivity contribution in [1.29, 1.82) is 0 Å². The second kappa shape index (κ2) is 3.46. The Labute approximate surface area is 82.4 Å². The number of thiophene rings is 1. The van der Waals surface area contributed by atoms with Crippen LogP contribution in [0.5, 0.6) is 0 Å². The Kier molecular flexibility index (Phi) is 2.32. The minimum atomic E-state index is 0.568. The van der Waals surface area contributed by atoms with Gasteiger partial charge in [-0.05, 0) is 29.9 Å². The third-order valence-electron chi connectivity index (χ3n) is 2.49. The minimum absolute atomic E-state index is 0.568. The molecule has 0 saturated carbocycles. The zero-order valence-electron chi connectivity index (χ0n) is 7.95. The quantitative estimate of drug-likeness (QED) is 0.703. The standard InChI is InChI=1S/C11H13NS/c1-3-8(2)11-9-5-7-13-10(9)4-6-12-11/h4-8H,3H2,1-2H3. The lowest BCUT2D eigenvalue weighted by Gasteiger charge is -2.08. The fraction of sp³-hybridized carbons (Fsp3) is 0.364. The van der Waals surface area contributed by atoms with E-state index < -0.39 is 0 Å². The summed E-state index contributed by atoms with van der Waals surface area (Å²) in [5.41, 5.74) is 1.25. The van der Waals surface area contributed by atoms with Gasteiger partial charge in [-0.15, -0.1) is 11.3 Å². The molecule has 0 N–H and O–H groups in total. The van der Waals surface area contributed by atoms with E-state index in [1.165, 1.54) is 15.8 Å². The molecule has 0 aliphatic rings. The highest BCUT2D eigenvalue weighted by molar-refractivity contribution is 7.17. The van der Waals surface area contributed by atoms with Crippen LogP contribution < -0.4 is 0 Å². The van der Waals surface area contributed by atoms with Crippen LogP contribution >= 0.6 is 11.3 Å². The third kappa shape index (κ3) is 1.46. The zero-order chi connectivity index (χ0) is 9.26. The first-order valence-electron chi connectivity index (χ1n) is 4.65. The van der Waals surface area contributed by atoms with Crippen LogP contribution in [0.3, 0.4) is 0 Å². The molecule has 0 radical (unpaired) electrons. The van der Waals surface area contributed by atoms with Gasteiger partial charge in [0.1, 0.15) is 0 Å². The molecule has 2 heteroatoms. The number of nitrogens with zero attached hydrogens (tertiary/aromatic N) is 1. The van der Waals surface area contributed by atoms with Crippen molar-refractivity contribution < 1.29 is 0 Å². The molecule has 2 aromatic rings. The molecule has 2 heterocycles. The summed E-state index contributed by atoms with van der Waals surface area (Å²) >= 11 is 1.79. The maximum atomic E-state index is 4.46. The summed E-state index contributed by atoms with van der Waals surface area (Å²) in [5, 5.41) is 3.47. The van der Waals surface area contributed by atoms with Crippen molar-refractivity contribution >= 4 is 21.4 Å². The Morgan fingerprint density at radius 1 is 1.46 bits per heavy atom. The molecule has 2 rings (SSSR count). The molecule has 0 aliphatic heterocycles. The number of hydrogen-bond acceptors (Lipinski definition) is 2. The van der Waals surface area contributed by atoms with E-state index >= 15 is 0 Å². The molecule has 13 heavy (non-hydrogen) atoms. The summed E-state index contributed by atoms with van der Waals surface area (Å²) in [5.74, 6) is 0.568. The lowest BCUT2D eigenvalue weighted by Crippen LogP contribution is -1.94. The molecule has 0 spiro atoms. The Morgan fingerprint density at radius 2 is 2.31 bits per heavy atom. The smallest absolute Gasteiger partial charge is 0.0518 e. The lowest BCUT2D eigenvalue weighted by molar-refractivity contribution is 0.716. The predicted molar refractivity (Wildman–Crippen MR) is 58.3 cm³/mol. The molecular weight excluding hydrogens is 178 g/mol. The highest BCUT2D eigenvalue weighted by Crippen LogP contribution is 2.28. The Morgan fingerprint density at radius 3 is 3.08 bits per heavy atom.